The first kappa shape index (κ1) is 16.8. The molecule has 27 heavy (non-hydrogen) atoms. The van der Waals surface area contributed by atoms with Gasteiger partial charge in [0.2, 0.25) is 0 Å². The third-order valence-electron chi connectivity index (χ3n) is 4.30. The van der Waals surface area contributed by atoms with Gasteiger partial charge in [-0.15, -0.1) is 0 Å². The van der Waals surface area contributed by atoms with E-state index in [1.165, 1.54) is 7.11 Å². The molecule has 0 aliphatic heterocycles. The van der Waals surface area contributed by atoms with Gasteiger partial charge in [0.1, 0.15) is 18.2 Å². The molecule has 0 aliphatic carbocycles. The zero-order valence-electron chi connectivity index (χ0n) is 14.8. The Balaban J connectivity index is 1.42. The number of carbonyl (C=O) groups excluding carboxylic acids is 1. The highest BCUT2D eigenvalue weighted by Crippen LogP contribution is 2.23. The van der Waals surface area contributed by atoms with Crippen LogP contribution < -0.4 is 4.74 Å². The van der Waals surface area contributed by atoms with Gasteiger partial charge >= 0.3 is 5.97 Å². The van der Waals surface area contributed by atoms with Crippen LogP contribution in [0, 0.1) is 0 Å². The number of aromatic nitrogens is 2. The lowest BCUT2D eigenvalue weighted by Gasteiger charge is -2.07. The Labute approximate surface area is 156 Å². The first-order chi connectivity index (χ1) is 13.2. The quantitative estimate of drug-likeness (QED) is 0.530. The summed E-state index contributed by atoms with van der Waals surface area (Å²) in [4.78, 5) is 19.4. The predicted molar refractivity (Wildman–Crippen MR) is 104 cm³/mol. The van der Waals surface area contributed by atoms with E-state index in [1.54, 1.807) is 12.1 Å². The fourth-order valence-corrected chi connectivity index (χ4v) is 2.82. The second kappa shape index (κ2) is 7.33. The van der Waals surface area contributed by atoms with Gasteiger partial charge in [-0.2, -0.15) is 0 Å². The third-order valence-corrected chi connectivity index (χ3v) is 4.30. The zero-order valence-corrected chi connectivity index (χ0v) is 14.8. The van der Waals surface area contributed by atoms with Crippen molar-refractivity contribution in [1.82, 2.24) is 9.97 Å². The number of ether oxygens (including phenoxy) is 2. The van der Waals surface area contributed by atoms with Gasteiger partial charge in [-0.3, -0.25) is 0 Å². The van der Waals surface area contributed by atoms with Crippen molar-refractivity contribution in [1.29, 1.82) is 0 Å². The summed E-state index contributed by atoms with van der Waals surface area (Å²) in [5, 5.41) is 0. The molecule has 0 radical (unpaired) electrons. The topological polar surface area (TPSA) is 64.2 Å². The Morgan fingerprint density at radius 3 is 2.41 bits per heavy atom. The molecule has 0 atom stereocenters. The molecule has 3 aromatic carbocycles. The number of benzene rings is 3. The molecule has 1 heterocycles. The standard InChI is InChI=1S/C22H18N2O3/c1-26-22(25)17-8-6-15(7-9-17)14-27-18-12-10-16(11-13-18)21-23-19-4-2-3-5-20(19)24-21/h2-13H,14H2,1H3,(H,23,24). The lowest BCUT2D eigenvalue weighted by molar-refractivity contribution is 0.0600. The van der Waals surface area contributed by atoms with E-state index in [4.69, 9.17) is 9.47 Å². The van der Waals surface area contributed by atoms with Crippen LogP contribution in [0.15, 0.2) is 72.8 Å². The molecule has 0 amide bonds. The molecule has 134 valence electrons. The Hall–Kier alpha value is -3.60. The number of para-hydroxylation sites is 2. The van der Waals surface area contributed by atoms with E-state index in [1.807, 2.05) is 60.7 Å². The lowest BCUT2D eigenvalue weighted by Crippen LogP contribution is -2.01. The van der Waals surface area contributed by atoms with Gasteiger partial charge in [-0.25, -0.2) is 9.78 Å². The second-order valence-electron chi connectivity index (χ2n) is 6.10. The van der Waals surface area contributed by atoms with Gasteiger partial charge < -0.3 is 14.5 Å². The van der Waals surface area contributed by atoms with E-state index in [0.717, 1.165) is 33.7 Å². The Morgan fingerprint density at radius 1 is 0.963 bits per heavy atom. The molecule has 0 aliphatic rings. The number of fused-ring (bicyclic) bond motifs is 1. The fraction of sp³-hybridized carbons (Fsp3) is 0.0909. The van der Waals surface area contributed by atoms with E-state index in [2.05, 4.69) is 9.97 Å². The van der Waals surface area contributed by atoms with Crippen LogP contribution in [0.3, 0.4) is 0 Å². The summed E-state index contributed by atoms with van der Waals surface area (Å²) in [6, 6.07) is 22.9. The van der Waals surface area contributed by atoms with Gasteiger partial charge in [-0.05, 0) is 54.1 Å². The largest absolute Gasteiger partial charge is 0.489 e. The number of H-pyrrole nitrogens is 1. The van der Waals surface area contributed by atoms with Gasteiger partial charge in [0.15, 0.2) is 0 Å². The van der Waals surface area contributed by atoms with Crippen LogP contribution in [0.1, 0.15) is 15.9 Å². The minimum absolute atomic E-state index is 0.344. The van der Waals surface area contributed by atoms with E-state index >= 15 is 0 Å². The number of hydrogen-bond donors (Lipinski definition) is 1. The zero-order chi connectivity index (χ0) is 18.6. The van der Waals surface area contributed by atoms with Crippen molar-refractivity contribution in [3.05, 3.63) is 83.9 Å². The normalized spacial score (nSPS) is 10.7. The van der Waals surface area contributed by atoms with Crippen LogP contribution >= 0.6 is 0 Å². The minimum atomic E-state index is -0.344. The highest BCUT2D eigenvalue weighted by molar-refractivity contribution is 5.89. The number of esters is 1. The van der Waals surface area contributed by atoms with Crippen LogP contribution in [0.5, 0.6) is 5.75 Å². The molecule has 5 nitrogen and oxygen atoms in total. The maximum absolute atomic E-state index is 11.4. The molecule has 0 bridgehead atoms. The van der Waals surface area contributed by atoms with Crippen molar-refractivity contribution in [2.45, 2.75) is 6.61 Å². The number of rotatable bonds is 5. The van der Waals surface area contributed by atoms with Crippen molar-refractivity contribution in [2.24, 2.45) is 0 Å². The Morgan fingerprint density at radius 2 is 1.70 bits per heavy atom. The molecule has 0 spiro atoms. The smallest absolute Gasteiger partial charge is 0.337 e. The lowest BCUT2D eigenvalue weighted by atomic mass is 10.1. The van der Waals surface area contributed by atoms with Crippen molar-refractivity contribution in [3.8, 4) is 17.1 Å². The van der Waals surface area contributed by atoms with E-state index in [9.17, 15) is 4.79 Å². The van der Waals surface area contributed by atoms with Crippen LogP contribution in [0.2, 0.25) is 0 Å². The van der Waals surface area contributed by atoms with Crippen LogP contribution in [-0.4, -0.2) is 23.0 Å². The van der Waals surface area contributed by atoms with Crippen molar-refractivity contribution < 1.29 is 14.3 Å². The maximum Gasteiger partial charge on any atom is 0.337 e. The van der Waals surface area contributed by atoms with E-state index < -0.39 is 0 Å². The molecule has 0 unspecified atom stereocenters. The highest BCUT2D eigenvalue weighted by atomic mass is 16.5. The van der Waals surface area contributed by atoms with Crippen molar-refractivity contribution in [2.75, 3.05) is 7.11 Å². The highest BCUT2D eigenvalue weighted by Gasteiger charge is 2.06. The minimum Gasteiger partial charge on any atom is -0.489 e. The summed E-state index contributed by atoms with van der Waals surface area (Å²) in [6.45, 7) is 0.422. The number of hydrogen-bond acceptors (Lipinski definition) is 4. The molecule has 0 saturated carbocycles. The second-order valence-corrected chi connectivity index (χ2v) is 6.10. The third kappa shape index (κ3) is 3.67. The van der Waals surface area contributed by atoms with Crippen molar-refractivity contribution in [3.63, 3.8) is 0 Å². The summed E-state index contributed by atoms with van der Waals surface area (Å²) in [5.74, 6) is 1.26. The van der Waals surface area contributed by atoms with Crippen LogP contribution in [-0.2, 0) is 11.3 Å². The Bertz CT molecular complexity index is 1030. The summed E-state index contributed by atoms with van der Waals surface area (Å²) >= 11 is 0. The first-order valence-electron chi connectivity index (χ1n) is 8.58. The fourth-order valence-electron chi connectivity index (χ4n) is 2.82. The van der Waals surface area contributed by atoms with E-state index in [0.29, 0.717) is 12.2 Å². The maximum atomic E-state index is 11.4. The van der Waals surface area contributed by atoms with Crippen LogP contribution in [0.4, 0.5) is 0 Å². The van der Waals surface area contributed by atoms with Crippen molar-refractivity contribution >= 4 is 17.0 Å². The molecule has 1 aromatic heterocycles. The van der Waals surface area contributed by atoms with Gasteiger partial charge in [-0.1, -0.05) is 24.3 Å². The van der Waals surface area contributed by atoms with Gasteiger partial charge in [0.05, 0.1) is 23.7 Å². The SMILES string of the molecule is COC(=O)c1ccc(COc2ccc(-c3nc4ccccc4[nH]3)cc2)cc1. The average molecular weight is 358 g/mol. The number of nitrogens with zero attached hydrogens (tertiary/aromatic N) is 1. The molecule has 0 fully saturated rings. The summed E-state index contributed by atoms with van der Waals surface area (Å²) in [6.07, 6.45) is 0. The number of nitrogens with one attached hydrogen (secondary N) is 1. The van der Waals surface area contributed by atoms with Gasteiger partial charge in [0, 0.05) is 5.56 Å². The number of aromatic amines is 1. The first-order valence-corrected chi connectivity index (χ1v) is 8.58. The molecular weight excluding hydrogens is 340 g/mol. The predicted octanol–water partition coefficient (Wildman–Crippen LogP) is 4.60. The number of imidazole rings is 1. The summed E-state index contributed by atoms with van der Waals surface area (Å²) in [5.41, 5.74) is 4.47. The van der Waals surface area contributed by atoms with E-state index in [-0.39, 0.29) is 5.97 Å². The molecule has 0 saturated heterocycles. The molecular formula is C22H18N2O3. The number of carbonyl (C=O) groups is 1. The molecule has 1 N–H and O–H groups in total. The molecule has 4 aromatic rings. The molecule has 5 heteroatoms. The van der Waals surface area contributed by atoms with Gasteiger partial charge in [0.25, 0.3) is 0 Å². The summed E-state index contributed by atoms with van der Waals surface area (Å²) in [7, 11) is 1.37. The Kier molecular flexibility index (Phi) is 4.58. The number of methoxy groups -OCH3 is 1. The van der Waals surface area contributed by atoms with Crippen LogP contribution in [0.25, 0.3) is 22.4 Å². The monoisotopic (exact) mass is 358 g/mol. The summed E-state index contributed by atoms with van der Waals surface area (Å²) < 4.78 is 10.5. The average Bonchev–Trinajstić information content (AvgIpc) is 3.17. The molecule has 4 rings (SSSR count).